The Balaban J connectivity index is 1.57. The van der Waals surface area contributed by atoms with Crippen molar-refractivity contribution in [2.24, 2.45) is 5.41 Å². The normalized spacial score (nSPS) is 27.4. The number of amides is 5. The topological polar surface area (TPSA) is 138 Å². The minimum atomic E-state index is -1.53. The van der Waals surface area contributed by atoms with Crippen molar-refractivity contribution in [2.45, 2.75) is 18.6 Å². The van der Waals surface area contributed by atoms with Crippen LogP contribution in [0, 0.1) is 5.41 Å². The maximum atomic E-state index is 12.9. The van der Waals surface area contributed by atoms with E-state index in [1.165, 1.54) is 4.90 Å². The summed E-state index contributed by atoms with van der Waals surface area (Å²) in [6, 6.07) is 3.97. The van der Waals surface area contributed by atoms with E-state index < -0.39 is 41.5 Å². The molecule has 30 heavy (non-hydrogen) atoms. The number of hydrogen-bond acceptors (Lipinski definition) is 8. The molecule has 0 bridgehead atoms. The van der Waals surface area contributed by atoms with Crippen molar-refractivity contribution >= 4 is 35.3 Å². The summed E-state index contributed by atoms with van der Waals surface area (Å²) in [5.41, 5.74) is 0.565. The first-order valence-corrected chi connectivity index (χ1v) is 9.67. The van der Waals surface area contributed by atoms with Gasteiger partial charge in [-0.3, -0.25) is 25.1 Å². The van der Waals surface area contributed by atoms with Crippen molar-refractivity contribution < 1.29 is 33.8 Å². The van der Waals surface area contributed by atoms with Crippen LogP contribution in [0.2, 0.25) is 0 Å². The molecule has 0 saturated carbocycles. The number of anilines is 2. The predicted octanol–water partition coefficient (Wildman–Crippen LogP) is -0.882. The number of nitrogens with zero attached hydrogens (tertiary/aromatic N) is 2. The molecule has 4 aliphatic heterocycles. The molecule has 4 aliphatic rings. The Hall–Kier alpha value is -3.18. The Bertz CT molecular complexity index is 944. The summed E-state index contributed by atoms with van der Waals surface area (Å²) in [6.45, 7) is 1.01. The second-order valence-electron chi connectivity index (χ2n) is 7.78. The molecule has 1 aromatic carbocycles. The molecule has 5 rings (SSSR count). The predicted molar refractivity (Wildman–Crippen MR) is 101 cm³/mol. The molecular weight excluding hydrogens is 396 g/mol. The summed E-state index contributed by atoms with van der Waals surface area (Å²) in [5.74, 6) is -1.32. The maximum Gasteiger partial charge on any atom is 0.414 e. The summed E-state index contributed by atoms with van der Waals surface area (Å²) in [5, 5.41) is 13.7. The fourth-order valence-corrected chi connectivity index (χ4v) is 4.73. The molecule has 11 nitrogen and oxygen atoms in total. The van der Waals surface area contributed by atoms with E-state index in [0.29, 0.717) is 24.4 Å². The molecule has 3 fully saturated rings. The average Bonchev–Trinajstić information content (AvgIpc) is 3.12. The molecule has 1 unspecified atom stereocenters. The van der Waals surface area contributed by atoms with Gasteiger partial charge < -0.3 is 19.5 Å². The molecule has 3 saturated heterocycles. The van der Waals surface area contributed by atoms with Crippen molar-refractivity contribution in [2.75, 3.05) is 42.7 Å². The quantitative estimate of drug-likeness (QED) is 0.529. The van der Waals surface area contributed by atoms with Crippen LogP contribution in [-0.2, 0) is 25.5 Å². The first-order chi connectivity index (χ1) is 14.4. The van der Waals surface area contributed by atoms with Gasteiger partial charge in [-0.05, 0) is 30.2 Å². The lowest BCUT2D eigenvalue weighted by atomic mass is 9.68. The van der Waals surface area contributed by atoms with Crippen LogP contribution in [0.5, 0.6) is 0 Å². The van der Waals surface area contributed by atoms with Crippen LogP contribution in [0.3, 0.4) is 0 Å². The number of aliphatic hydroxyl groups excluding tert-OH is 1. The summed E-state index contributed by atoms with van der Waals surface area (Å²) in [7, 11) is 0. The van der Waals surface area contributed by atoms with Gasteiger partial charge in [-0.1, -0.05) is 0 Å². The summed E-state index contributed by atoms with van der Waals surface area (Å²) >= 11 is 0. The van der Waals surface area contributed by atoms with Crippen LogP contribution < -0.4 is 20.4 Å². The Morgan fingerprint density at radius 3 is 2.63 bits per heavy atom. The van der Waals surface area contributed by atoms with Crippen molar-refractivity contribution in [3.05, 3.63) is 23.8 Å². The van der Waals surface area contributed by atoms with Gasteiger partial charge in [0.15, 0.2) is 5.41 Å². The van der Waals surface area contributed by atoms with Crippen LogP contribution in [0.4, 0.5) is 21.0 Å². The minimum Gasteiger partial charge on any atom is -0.441 e. The van der Waals surface area contributed by atoms with E-state index in [2.05, 4.69) is 10.6 Å². The van der Waals surface area contributed by atoms with Crippen LogP contribution in [-0.4, -0.2) is 74.1 Å². The number of imide groups is 2. The monoisotopic (exact) mass is 416 g/mol. The molecule has 0 radical (unpaired) electrons. The van der Waals surface area contributed by atoms with E-state index in [4.69, 9.17) is 9.47 Å². The van der Waals surface area contributed by atoms with Crippen LogP contribution >= 0.6 is 0 Å². The van der Waals surface area contributed by atoms with Gasteiger partial charge in [-0.15, -0.1) is 0 Å². The second kappa shape index (κ2) is 6.67. The Labute approximate surface area is 170 Å². The molecule has 1 spiro atoms. The number of nitrogens with one attached hydrogen (secondary N) is 2. The molecule has 0 aromatic heterocycles. The molecule has 158 valence electrons. The van der Waals surface area contributed by atoms with Gasteiger partial charge >= 0.3 is 12.1 Å². The van der Waals surface area contributed by atoms with E-state index in [0.717, 1.165) is 5.69 Å². The van der Waals surface area contributed by atoms with Gasteiger partial charge in [0.25, 0.3) is 0 Å². The number of ether oxygens (including phenoxy) is 2. The second-order valence-corrected chi connectivity index (χ2v) is 7.78. The summed E-state index contributed by atoms with van der Waals surface area (Å²) in [6.07, 6.45) is -1.12. The number of hydrogen-bond donors (Lipinski definition) is 3. The fourth-order valence-electron chi connectivity index (χ4n) is 4.73. The van der Waals surface area contributed by atoms with Gasteiger partial charge in [-0.2, -0.15) is 0 Å². The highest BCUT2D eigenvalue weighted by Gasteiger charge is 2.60. The van der Waals surface area contributed by atoms with Crippen LogP contribution in [0.25, 0.3) is 0 Å². The van der Waals surface area contributed by atoms with Crippen molar-refractivity contribution in [1.29, 1.82) is 0 Å². The summed E-state index contributed by atoms with van der Waals surface area (Å²) in [4.78, 5) is 53.1. The number of benzene rings is 1. The van der Waals surface area contributed by atoms with Gasteiger partial charge in [0.05, 0.1) is 32.4 Å². The number of barbiturate groups is 1. The first-order valence-electron chi connectivity index (χ1n) is 9.67. The fraction of sp³-hybridized carbons (Fsp3) is 0.474. The number of carbonyl (C=O) groups is 4. The number of urea groups is 1. The molecule has 11 heteroatoms. The number of carbonyl (C=O) groups excluding carboxylic acids is 4. The zero-order chi connectivity index (χ0) is 21.0. The lowest BCUT2D eigenvalue weighted by Gasteiger charge is -2.51. The van der Waals surface area contributed by atoms with E-state index in [9.17, 15) is 24.3 Å². The molecule has 3 N–H and O–H groups in total. The molecular formula is C19H20N4O7. The number of cyclic esters (lactones) is 1. The third-order valence-electron chi connectivity index (χ3n) is 6.19. The standard InChI is InChI=1S/C19H20N4O7/c24-8-12-7-23(18(28)30-12)11-1-2-13-10(5-11)6-19(14-9-29-4-3-22(13)14)15(25)20-17(27)21-16(19)26/h1-2,5,12,14,24H,3-4,6-9H2,(H2,20,21,25,26,27)/t12-,14?/m1/s1. The molecule has 0 aliphatic carbocycles. The van der Waals surface area contributed by atoms with Crippen molar-refractivity contribution in [3.63, 3.8) is 0 Å². The van der Waals surface area contributed by atoms with Crippen LogP contribution in [0.1, 0.15) is 5.56 Å². The zero-order valence-corrected chi connectivity index (χ0v) is 15.9. The smallest absolute Gasteiger partial charge is 0.414 e. The third-order valence-corrected chi connectivity index (χ3v) is 6.19. The highest BCUT2D eigenvalue weighted by molar-refractivity contribution is 6.20. The number of fused-ring (bicyclic) bond motifs is 4. The molecule has 2 atom stereocenters. The van der Waals surface area contributed by atoms with Crippen molar-refractivity contribution in [3.8, 4) is 0 Å². The molecule has 1 aromatic rings. The van der Waals surface area contributed by atoms with Gasteiger partial charge in [-0.25, -0.2) is 9.59 Å². The van der Waals surface area contributed by atoms with Gasteiger partial charge in [0.2, 0.25) is 11.8 Å². The Morgan fingerprint density at radius 2 is 1.93 bits per heavy atom. The largest absolute Gasteiger partial charge is 0.441 e. The highest BCUT2D eigenvalue weighted by Crippen LogP contribution is 2.45. The molecule has 4 heterocycles. The SMILES string of the molecule is O=C1NC(=O)C2(Cc3cc(N4C[C@H](CO)OC4=O)ccc3N3CCOCC32)C(=O)N1. The zero-order valence-electron chi connectivity index (χ0n) is 15.9. The van der Waals surface area contributed by atoms with Crippen LogP contribution in [0.15, 0.2) is 18.2 Å². The average molecular weight is 416 g/mol. The van der Waals surface area contributed by atoms with E-state index in [-0.39, 0.29) is 26.2 Å². The first kappa shape index (κ1) is 18.8. The Kier molecular flexibility index (Phi) is 4.19. The lowest BCUT2D eigenvalue weighted by Crippen LogP contribution is -2.73. The number of rotatable bonds is 2. The van der Waals surface area contributed by atoms with E-state index in [1.807, 2.05) is 11.0 Å². The maximum absolute atomic E-state index is 12.9. The van der Waals surface area contributed by atoms with E-state index in [1.54, 1.807) is 12.1 Å². The van der Waals surface area contributed by atoms with Crippen molar-refractivity contribution in [1.82, 2.24) is 10.6 Å². The summed E-state index contributed by atoms with van der Waals surface area (Å²) < 4.78 is 10.7. The third kappa shape index (κ3) is 2.58. The molecule has 5 amide bonds. The van der Waals surface area contributed by atoms with Gasteiger partial charge in [0.1, 0.15) is 6.10 Å². The highest BCUT2D eigenvalue weighted by atomic mass is 16.6. The Morgan fingerprint density at radius 1 is 1.17 bits per heavy atom. The van der Waals surface area contributed by atoms with Gasteiger partial charge in [0, 0.05) is 17.9 Å². The number of morpholine rings is 1. The minimum absolute atomic E-state index is 0.0535. The lowest BCUT2D eigenvalue weighted by molar-refractivity contribution is -0.148. The van der Waals surface area contributed by atoms with E-state index >= 15 is 0 Å². The number of aliphatic hydroxyl groups is 1.